The highest BCUT2D eigenvalue weighted by Gasteiger charge is 2.34. The van der Waals surface area contributed by atoms with Crippen LogP contribution in [0.2, 0.25) is 0 Å². The third-order valence-corrected chi connectivity index (χ3v) is 4.00. The maximum atomic E-state index is 12.4. The molecule has 112 valence electrons. The van der Waals surface area contributed by atoms with Crippen molar-refractivity contribution in [1.29, 1.82) is 5.26 Å². The topological polar surface area (TPSA) is 68.2 Å². The van der Waals surface area contributed by atoms with Crippen LogP contribution in [0, 0.1) is 11.3 Å². The molecule has 21 heavy (non-hydrogen) atoms. The molecule has 0 spiro atoms. The van der Waals surface area contributed by atoms with Gasteiger partial charge in [0, 0.05) is 32.7 Å². The zero-order valence-corrected chi connectivity index (χ0v) is 12.6. The summed E-state index contributed by atoms with van der Waals surface area (Å²) < 4.78 is 0. The Hall–Kier alpha value is -1.90. The molecule has 1 saturated heterocycles. The Bertz CT molecular complexity index is 524. The van der Waals surface area contributed by atoms with Gasteiger partial charge in [0.1, 0.15) is 0 Å². The molecule has 0 saturated carbocycles. The van der Waals surface area contributed by atoms with E-state index < -0.39 is 5.54 Å². The lowest BCUT2D eigenvalue weighted by Gasteiger charge is -2.39. The van der Waals surface area contributed by atoms with Crippen LogP contribution < -0.4 is 10.6 Å². The lowest BCUT2D eigenvalue weighted by Crippen LogP contribution is -2.59. The van der Waals surface area contributed by atoms with Crippen molar-refractivity contribution < 1.29 is 4.79 Å². The van der Waals surface area contributed by atoms with Crippen molar-refractivity contribution in [2.24, 2.45) is 0 Å². The second-order valence-corrected chi connectivity index (χ2v) is 5.79. The van der Waals surface area contributed by atoms with Crippen LogP contribution in [0.25, 0.3) is 0 Å². The van der Waals surface area contributed by atoms with Crippen molar-refractivity contribution in [2.75, 3.05) is 26.2 Å². The van der Waals surface area contributed by atoms with Crippen molar-refractivity contribution in [3.05, 3.63) is 35.4 Å². The molecule has 1 aliphatic heterocycles. The molecule has 0 aliphatic carbocycles. The predicted molar refractivity (Wildman–Crippen MR) is 81.5 cm³/mol. The lowest BCUT2D eigenvalue weighted by atomic mass is 10.00. The molecule has 0 bridgehead atoms. The largest absolute Gasteiger partial charge is 0.350 e. The quantitative estimate of drug-likeness (QED) is 0.861. The first kappa shape index (κ1) is 15.5. The molecule has 0 atom stereocenters. The van der Waals surface area contributed by atoms with Crippen LogP contribution in [0.15, 0.2) is 24.3 Å². The Balaban J connectivity index is 1.92. The fourth-order valence-corrected chi connectivity index (χ4v) is 2.46. The molecule has 0 unspecified atom stereocenters. The molecule has 5 nitrogen and oxygen atoms in total. The van der Waals surface area contributed by atoms with Crippen LogP contribution in [0.5, 0.6) is 0 Å². The second kappa shape index (κ2) is 6.70. The fraction of sp³-hybridized carbons (Fsp3) is 0.500. The van der Waals surface area contributed by atoms with Crippen LogP contribution in [0.4, 0.5) is 0 Å². The van der Waals surface area contributed by atoms with Crippen LogP contribution >= 0.6 is 0 Å². The highest BCUT2D eigenvalue weighted by molar-refractivity contribution is 5.85. The molecular formula is C16H22N4O. The maximum absolute atomic E-state index is 12.4. The Labute approximate surface area is 125 Å². The van der Waals surface area contributed by atoms with Crippen LogP contribution in [0.1, 0.15) is 25.0 Å². The zero-order chi connectivity index (χ0) is 15.3. The van der Waals surface area contributed by atoms with E-state index in [1.807, 2.05) is 26.0 Å². The van der Waals surface area contributed by atoms with Crippen molar-refractivity contribution in [3.63, 3.8) is 0 Å². The second-order valence-electron chi connectivity index (χ2n) is 5.79. The summed E-state index contributed by atoms with van der Waals surface area (Å²) in [4.78, 5) is 14.6. The van der Waals surface area contributed by atoms with Gasteiger partial charge in [0.2, 0.25) is 5.91 Å². The van der Waals surface area contributed by atoms with Crippen molar-refractivity contribution in [3.8, 4) is 6.07 Å². The van der Waals surface area contributed by atoms with E-state index in [0.29, 0.717) is 12.1 Å². The molecule has 2 rings (SSSR count). The summed E-state index contributed by atoms with van der Waals surface area (Å²) >= 11 is 0. The molecule has 0 aromatic heterocycles. The van der Waals surface area contributed by atoms with Crippen LogP contribution in [-0.2, 0) is 11.3 Å². The number of nitrogens with zero attached hydrogens (tertiary/aromatic N) is 2. The molecular weight excluding hydrogens is 264 g/mol. The summed E-state index contributed by atoms with van der Waals surface area (Å²) in [6, 6.07) is 9.36. The summed E-state index contributed by atoms with van der Waals surface area (Å²) in [5.74, 6) is 0.0359. The van der Waals surface area contributed by atoms with E-state index in [1.54, 1.807) is 12.1 Å². The van der Waals surface area contributed by atoms with Gasteiger partial charge in [-0.05, 0) is 31.5 Å². The number of nitriles is 1. The average molecular weight is 286 g/mol. The van der Waals surface area contributed by atoms with Gasteiger partial charge in [-0.15, -0.1) is 0 Å². The van der Waals surface area contributed by atoms with Crippen molar-refractivity contribution >= 4 is 5.91 Å². The molecule has 1 fully saturated rings. The number of hydrogen-bond acceptors (Lipinski definition) is 4. The zero-order valence-electron chi connectivity index (χ0n) is 12.6. The standard InChI is InChI=1S/C16H22N4O/c1-16(2,20-9-7-18-8-10-20)15(21)19-12-14-5-3-13(11-17)4-6-14/h3-6,18H,7-10,12H2,1-2H3,(H,19,21). The first-order valence-electron chi connectivity index (χ1n) is 7.27. The van der Waals surface area contributed by atoms with E-state index in [2.05, 4.69) is 21.6 Å². The first-order valence-corrected chi connectivity index (χ1v) is 7.27. The highest BCUT2D eigenvalue weighted by Crippen LogP contribution is 2.15. The minimum atomic E-state index is -0.505. The van der Waals surface area contributed by atoms with Gasteiger partial charge in [0.15, 0.2) is 0 Å². The summed E-state index contributed by atoms with van der Waals surface area (Å²) in [6.45, 7) is 8.03. The third kappa shape index (κ3) is 3.81. The van der Waals surface area contributed by atoms with Gasteiger partial charge >= 0.3 is 0 Å². The molecule has 5 heteroatoms. The van der Waals surface area contributed by atoms with E-state index >= 15 is 0 Å². The number of carbonyl (C=O) groups excluding carboxylic acids is 1. The number of rotatable bonds is 4. The van der Waals surface area contributed by atoms with Crippen LogP contribution in [0.3, 0.4) is 0 Å². The van der Waals surface area contributed by atoms with Gasteiger partial charge < -0.3 is 10.6 Å². The molecule has 1 heterocycles. The number of hydrogen-bond donors (Lipinski definition) is 2. The highest BCUT2D eigenvalue weighted by atomic mass is 16.2. The van der Waals surface area contributed by atoms with Gasteiger partial charge in [-0.2, -0.15) is 5.26 Å². The Morgan fingerprint density at radius 3 is 2.52 bits per heavy atom. The average Bonchev–Trinajstić information content (AvgIpc) is 2.53. The molecule has 0 radical (unpaired) electrons. The predicted octanol–water partition coefficient (Wildman–Crippen LogP) is 0.858. The monoisotopic (exact) mass is 286 g/mol. The number of piperazine rings is 1. The SMILES string of the molecule is CC(C)(C(=O)NCc1ccc(C#N)cc1)N1CCNCC1. The van der Waals surface area contributed by atoms with Gasteiger partial charge in [0.25, 0.3) is 0 Å². The number of carbonyl (C=O) groups is 1. The Morgan fingerprint density at radius 2 is 1.95 bits per heavy atom. The number of nitrogens with one attached hydrogen (secondary N) is 2. The molecule has 1 aliphatic rings. The van der Waals surface area contributed by atoms with E-state index in [-0.39, 0.29) is 5.91 Å². The van der Waals surface area contributed by atoms with Crippen molar-refractivity contribution in [1.82, 2.24) is 15.5 Å². The van der Waals surface area contributed by atoms with Gasteiger partial charge in [-0.25, -0.2) is 0 Å². The van der Waals surface area contributed by atoms with Gasteiger partial charge in [0.05, 0.1) is 17.2 Å². The molecule has 1 amide bonds. The normalized spacial score (nSPS) is 16.2. The minimum Gasteiger partial charge on any atom is -0.350 e. The lowest BCUT2D eigenvalue weighted by molar-refractivity contribution is -0.132. The molecule has 1 aromatic rings. The summed E-state index contributed by atoms with van der Waals surface area (Å²) in [5, 5.41) is 15.1. The van der Waals surface area contributed by atoms with E-state index in [4.69, 9.17) is 5.26 Å². The third-order valence-electron chi connectivity index (χ3n) is 4.00. The molecule has 2 N–H and O–H groups in total. The van der Waals surface area contributed by atoms with E-state index in [1.165, 1.54) is 0 Å². The van der Waals surface area contributed by atoms with Gasteiger partial charge in [-0.1, -0.05) is 12.1 Å². The number of benzene rings is 1. The van der Waals surface area contributed by atoms with Crippen molar-refractivity contribution in [2.45, 2.75) is 25.9 Å². The van der Waals surface area contributed by atoms with E-state index in [0.717, 1.165) is 31.7 Å². The number of amides is 1. The van der Waals surface area contributed by atoms with Gasteiger partial charge in [-0.3, -0.25) is 9.69 Å². The molecule has 1 aromatic carbocycles. The maximum Gasteiger partial charge on any atom is 0.240 e. The summed E-state index contributed by atoms with van der Waals surface area (Å²) in [6.07, 6.45) is 0. The van der Waals surface area contributed by atoms with Crippen LogP contribution in [-0.4, -0.2) is 42.5 Å². The first-order chi connectivity index (χ1) is 10.0. The fourth-order valence-electron chi connectivity index (χ4n) is 2.46. The van der Waals surface area contributed by atoms with E-state index in [9.17, 15) is 4.79 Å². The summed E-state index contributed by atoms with van der Waals surface area (Å²) in [7, 11) is 0. The minimum absolute atomic E-state index is 0.0359. The smallest absolute Gasteiger partial charge is 0.240 e. The Morgan fingerprint density at radius 1 is 1.33 bits per heavy atom. The summed E-state index contributed by atoms with van der Waals surface area (Å²) in [5.41, 5.74) is 1.12. The Kier molecular flexibility index (Phi) is 4.94.